The molecule has 0 unspecified atom stereocenters. The van der Waals surface area contributed by atoms with Crippen LogP contribution >= 0.6 is 11.3 Å². The van der Waals surface area contributed by atoms with Crippen LogP contribution in [0.25, 0.3) is 16.3 Å². The fourth-order valence-electron chi connectivity index (χ4n) is 3.37. The number of amides is 1. The van der Waals surface area contributed by atoms with Crippen molar-refractivity contribution >= 4 is 38.7 Å². The van der Waals surface area contributed by atoms with Crippen molar-refractivity contribution in [2.75, 3.05) is 38.2 Å². The maximum absolute atomic E-state index is 13.2. The average Bonchev–Trinajstić information content (AvgIpc) is 3.22. The molecule has 0 spiro atoms. The van der Waals surface area contributed by atoms with E-state index in [0.29, 0.717) is 11.7 Å². The molecule has 0 atom stereocenters. The molecule has 3 rings (SSSR count). The van der Waals surface area contributed by atoms with E-state index >= 15 is 0 Å². The van der Waals surface area contributed by atoms with Crippen LogP contribution in [-0.4, -0.2) is 44.2 Å². The SMILES string of the molecule is CC[NH+](CC)CCN(C(=O)/C=C/c1ccccc1)c1nc2c(OC)ccc(C)c2s1. The van der Waals surface area contributed by atoms with Crippen LogP contribution in [0, 0.1) is 6.92 Å². The minimum absolute atomic E-state index is 0.0546. The van der Waals surface area contributed by atoms with E-state index in [1.54, 1.807) is 29.4 Å². The molecule has 1 heterocycles. The zero-order valence-electron chi connectivity index (χ0n) is 18.1. The van der Waals surface area contributed by atoms with E-state index in [1.165, 1.54) is 4.90 Å². The molecule has 0 aliphatic heterocycles. The van der Waals surface area contributed by atoms with Crippen LogP contribution in [0.4, 0.5) is 5.13 Å². The third-order valence-corrected chi connectivity index (χ3v) is 6.53. The quantitative estimate of drug-likeness (QED) is 0.534. The van der Waals surface area contributed by atoms with Gasteiger partial charge in [-0.2, -0.15) is 0 Å². The van der Waals surface area contributed by atoms with Gasteiger partial charge in [-0.1, -0.05) is 47.7 Å². The number of fused-ring (bicyclic) bond motifs is 1. The molecular weight excluding hydrogens is 394 g/mol. The van der Waals surface area contributed by atoms with Gasteiger partial charge in [-0.15, -0.1) is 0 Å². The van der Waals surface area contributed by atoms with E-state index in [4.69, 9.17) is 9.72 Å². The number of hydrogen-bond acceptors (Lipinski definition) is 4. The van der Waals surface area contributed by atoms with Crippen molar-refractivity contribution in [1.82, 2.24) is 4.98 Å². The summed E-state index contributed by atoms with van der Waals surface area (Å²) in [6.45, 7) is 9.97. The first-order valence-electron chi connectivity index (χ1n) is 10.4. The number of benzene rings is 2. The van der Waals surface area contributed by atoms with Gasteiger partial charge in [0.1, 0.15) is 11.3 Å². The van der Waals surface area contributed by atoms with Crippen LogP contribution in [0.15, 0.2) is 48.5 Å². The van der Waals surface area contributed by atoms with Crippen molar-refractivity contribution in [3.8, 4) is 5.75 Å². The maximum Gasteiger partial charge on any atom is 0.252 e. The number of hydrogen-bond donors (Lipinski definition) is 1. The summed E-state index contributed by atoms with van der Waals surface area (Å²) in [5.41, 5.74) is 2.95. The zero-order chi connectivity index (χ0) is 21.5. The first-order chi connectivity index (χ1) is 14.6. The van der Waals surface area contributed by atoms with Gasteiger partial charge >= 0.3 is 0 Å². The first-order valence-corrected chi connectivity index (χ1v) is 11.2. The summed E-state index contributed by atoms with van der Waals surface area (Å²) in [4.78, 5) is 21.2. The Morgan fingerprint density at radius 2 is 1.90 bits per heavy atom. The maximum atomic E-state index is 13.2. The third kappa shape index (κ3) is 5.07. The highest BCUT2D eigenvalue weighted by Gasteiger charge is 2.21. The Morgan fingerprint density at radius 1 is 1.17 bits per heavy atom. The predicted molar refractivity (Wildman–Crippen MR) is 126 cm³/mol. The van der Waals surface area contributed by atoms with Gasteiger partial charge in [-0.25, -0.2) is 4.98 Å². The van der Waals surface area contributed by atoms with E-state index in [9.17, 15) is 4.79 Å². The number of methoxy groups -OCH3 is 1. The zero-order valence-corrected chi connectivity index (χ0v) is 19.0. The molecule has 0 radical (unpaired) electrons. The summed E-state index contributed by atoms with van der Waals surface area (Å²) < 4.78 is 6.56. The van der Waals surface area contributed by atoms with Gasteiger partial charge in [0.05, 0.1) is 38.0 Å². The lowest BCUT2D eigenvalue weighted by Crippen LogP contribution is -3.12. The Balaban J connectivity index is 1.94. The van der Waals surface area contributed by atoms with Crippen molar-refractivity contribution in [2.24, 2.45) is 0 Å². The third-order valence-electron chi connectivity index (χ3n) is 5.32. The molecule has 158 valence electrons. The van der Waals surface area contributed by atoms with Crippen LogP contribution in [0.3, 0.4) is 0 Å². The van der Waals surface area contributed by atoms with Gasteiger partial charge in [-0.3, -0.25) is 9.69 Å². The van der Waals surface area contributed by atoms with Crippen LogP contribution < -0.4 is 14.5 Å². The topological polar surface area (TPSA) is 46.9 Å². The minimum atomic E-state index is -0.0546. The highest BCUT2D eigenvalue weighted by molar-refractivity contribution is 7.22. The first kappa shape index (κ1) is 22.0. The number of ether oxygens (including phenoxy) is 1. The second kappa shape index (κ2) is 10.4. The molecule has 0 aliphatic carbocycles. The van der Waals surface area contributed by atoms with Crippen LogP contribution in [0.2, 0.25) is 0 Å². The van der Waals surface area contributed by atoms with E-state index < -0.39 is 0 Å². The van der Waals surface area contributed by atoms with Crippen molar-refractivity contribution < 1.29 is 14.4 Å². The van der Waals surface area contributed by atoms with Gasteiger partial charge in [0, 0.05) is 6.08 Å². The Labute approximate surface area is 182 Å². The Morgan fingerprint density at radius 3 is 2.57 bits per heavy atom. The van der Waals surface area contributed by atoms with E-state index in [0.717, 1.165) is 46.7 Å². The monoisotopic (exact) mass is 424 g/mol. The van der Waals surface area contributed by atoms with E-state index in [-0.39, 0.29) is 5.91 Å². The second-order valence-corrected chi connectivity index (χ2v) is 8.18. The summed E-state index contributed by atoms with van der Waals surface area (Å²) in [5.74, 6) is 0.681. The minimum Gasteiger partial charge on any atom is -0.494 e. The summed E-state index contributed by atoms with van der Waals surface area (Å²) in [5, 5.41) is 0.715. The number of rotatable bonds is 9. The number of carbonyl (C=O) groups excluding carboxylic acids is 1. The molecule has 0 bridgehead atoms. The second-order valence-electron chi connectivity index (χ2n) is 7.20. The number of aryl methyl sites for hydroxylation is 1. The molecule has 1 N–H and O–H groups in total. The van der Waals surface area contributed by atoms with Crippen LogP contribution in [-0.2, 0) is 4.79 Å². The Hall–Kier alpha value is -2.70. The van der Waals surface area contributed by atoms with Crippen LogP contribution in [0.5, 0.6) is 5.75 Å². The van der Waals surface area contributed by atoms with Crippen molar-refractivity contribution in [3.63, 3.8) is 0 Å². The Bertz CT molecular complexity index is 1010. The fraction of sp³-hybridized carbons (Fsp3) is 0.333. The Kier molecular flexibility index (Phi) is 7.60. The van der Waals surface area contributed by atoms with E-state index in [1.807, 2.05) is 48.5 Å². The molecule has 5 nitrogen and oxygen atoms in total. The highest BCUT2D eigenvalue weighted by Crippen LogP contribution is 2.36. The molecule has 0 saturated heterocycles. The van der Waals surface area contributed by atoms with Gasteiger partial charge in [-0.05, 0) is 44.0 Å². The molecule has 0 saturated carbocycles. The molecule has 2 aromatic carbocycles. The number of anilines is 1. The molecule has 0 aliphatic rings. The standard InChI is InChI=1S/C24H29N3O2S/c1-5-26(6-2)16-17-27(21(28)15-13-19-10-8-7-9-11-19)24-25-22-20(29-4)14-12-18(3)23(22)30-24/h7-15H,5-6,16-17H2,1-4H3/p+1/b15-13+. The number of thiazole rings is 1. The smallest absolute Gasteiger partial charge is 0.252 e. The predicted octanol–water partition coefficient (Wildman–Crippen LogP) is 3.58. The molecule has 3 aromatic rings. The summed E-state index contributed by atoms with van der Waals surface area (Å²) in [6.07, 6.45) is 3.50. The number of quaternary nitrogens is 1. The summed E-state index contributed by atoms with van der Waals surface area (Å²) in [6, 6.07) is 13.8. The normalized spacial score (nSPS) is 11.5. The number of nitrogens with one attached hydrogen (secondary N) is 1. The number of likely N-dealkylation sites (N-methyl/N-ethyl adjacent to an activating group) is 1. The lowest BCUT2D eigenvalue weighted by molar-refractivity contribution is -0.894. The molecule has 30 heavy (non-hydrogen) atoms. The number of aromatic nitrogens is 1. The van der Waals surface area contributed by atoms with Crippen molar-refractivity contribution in [3.05, 3.63) is 59.7 Å². The highest BCUT2D eigenvalue weighted by atomic mass is 32.1. The summed E-state index contributed by atoms with van der Waals surface area (Å²) in [7, 11) is 1.65. The average molecular weight is 425 g/mol. The lowest BCUT2D eigenvalue weighted by Gasteiger charge is -2.22. The molecule has 1 amide bonds. The van der Waals surface area contributed by atoms with Gasteiger partial charge < -0.3 is 9.64 Å². The van der Waals surface area contributed by atoms with Gasteiger partial charge in [0.15, 0.2) is 5.13 Å². The van der Waals surface area contributed by atoms with Crippen LogP contribution in [0.1, 0.15) is 25.0 Å². The van der Waals surface area contributed by atoms with Gasteiger partial charge in [0.25, 0.3) is 5.91 Å². The molecule has 0 fully saturated rings. The molecule has 1 aromatic heterocycles. The number of carbonyl (C=O) groups is 1. The van der Waals surface area contributed by atoms with E-state index in [2.05, 4.69) is 20.8 Å². The largest absolute Gasteiger partial charge is 0.494 e. The molecular formula is C24H30N3O2S+. The molecule has 6 heteroatoms. The fourth-order valence-corrected chi connectivity index (χ4v) is 4.46. The number of nitrogens with zero attached hydrogens (tertiary/aromatic N) is 2. The van der Waals surface area contributed by atoms with Crippen molar-refractivity contribution in [1.29, 1.82) is 0 Å². The summed E-state index contributed by atoms with van der Waals surface area (Å²) >= 11 is 1.55. The van der Waals surface area contributed by atoms with Crippen molar-refractivity contribution in [2.45, 2.75) is 20.8 Å². The van der Waals surface area contributed by atoms with Gasteiger partial charge in [0.2, 0.25) is 0 Å². The lowest BCUT2D eigenvalue weighted by atomic mass is 10.2.